The van der Waals surface area contributed by atoms with Gasteiger partial charge in [0.15, 0.2) is 0 Å². The van der Waals surface area contributed by atoms with E-state index in [1.807, 2.05) is 31.2 Å². The van der Waals surface area contributed by atoms with Crippen molar-refractivity contribution in [1.82, 2.24) is 15.3 Å². The fourth-order valence-electron chi connectivity index (χ4n) is 3.87. The molecule has 2 saturated heterocycles. The molecular weight excluding hydrogens is 398 g/mol. The van der Waals surface area contributed by atoms with Crippen molar-refractivity contribution in [3.63, 3.8) is 0 Å². The van der Waals surface area contributed by atoms with E-state index < -0.39 is 5.92 Å². The number of aromatic nitrogens is 2. The van der Waals surface area contributed by atoms with Crippen LogP contribution in [0.3, 0.4) is 0 Å². The molecule has 0 saturated carbocycles. The maximum Gasteiger partial charge on any atom is 0.227 e. The molecule has 3 heterocycles. The van der Waals surface area contributed by atoms with Crippen molar-refractivity contribution < 1.29 is 19.1 Å². The van der Waals surface area contributed by atoms with Crippen LogP contribution in [0.4, 0.5) is 11.5 Å². The number of carbonyl (C=O) groups is 2. The van der Waals surface area contributed by atoms with Crippen molar-refractivity contribution in [2.75, 3.05) is 49.8 Å². The summed E-state index contributed by atoms with van der Waals surface area (Å²) >= 11 is 0. The minimum Gasteiger partial charge on any atom is -0.497 e. The van der Waals surface area contributed by atoms with Crippen LogP contribution in [0.5, 0.6) is 5.75 Å². The summed E-state index contributed by atoms with van der Waals surface area (Å²) in [5, 5.41) is 2.90. The van der Waals surface area contributed by atoms with Gasteiger partial charge in [-0.1, -0.05) is 6.07 Å². The van der Waals surface area contributed by atoms with Crippen LogP contribution in [0.25, 0.3) is 0 Å². The van der Waals surface area contributed by atoms with E-state index in [0.717, 1.165) is 30.3 Å². The monoisotopic (exact) mass is 425 g/mol. The summed E-state index contributed by atoms with van der Waals surface area (Å²) in [6.45, 7) is 5.40. The van der Waals surface area contributed by atoms with Crippen molar-refractivity contribution in [3.05, 3.63) is 41.9 Å². The standard InChI is InChI=1S/C22H27N5O4/c1-15-10-20(26-6-8-31-9-7-26)25-19(24-15)13-23-22(29)16-11-21(28)27(14-16)17-4-3-5-18(12-17)30-2/h3-5,10,12,16H,6-9,11,13-14H2,1-2H3,(H,23,29). The Kier molecular flexibility index (Phi) is 6.31. The van der Waals surface area contributed by atoms with Gasteiger partial charge in [-0.25, -0.2) is 9.97 Å². The number of hydrogen-bond acceptors (Lipinski definition) is 7. The number of morpholine rings is 1. The molecule has 1 aromatic heterocycles. The number of aryl methyl sites for hydroxylation is 1. The lowest BCUT2D eigenvalue weighted by atomic mass is 10.1. The third-order valence-electron chi connectivity index (χ3n) is 5.50. The number of nitrogens with one attached hydrogen (secondary N) is 1. The molecule has 1 aromatic carbocycles. The molecule has 0 bridgehead atoms. The quantitative estimate of drug-likeness (QED) is 0.745. The van der Waals surface area contributed by atoms with Gasteiger partial charge in [0.25, 0.3) is 0 Å². The van der Waals surface area contributed by atoms with Gasteiger partial charge in [0.2, 0.25) is 11.8 Å². The Balaban J connectivity index is 1.38. The fraction of sp³-hybridized carbons (Fsp3) is 0.455. The number of anilines is 2. The van der Waals surface area contributed by atoms with Crippen molar-refractivity contribution in [3.8, 4) is 5.75 Å². The first kappa shape index (κ1) is 21.0. The molecule has 9 nitrogen and oxygen atoms in total. The van der Waals surface area contributed by atoms with Gasteiger partial charge in [0.1, 0.15) is 17.4 Å². The topological polar surface area (TPSA) is 96.9 Å². The second-order valence-corrected chi connectivity index (χ2v) is 7.71. The summed E-state index contributed by atoms with van der Waals surface area (Å²) < 4.78 is 10.6. The van der Waals surface area contributed by atoms with E-state index >= 15 is 0 Å². The van der Waals surface area contributed by atoms with Crippen molar-refractivity contribution in [2.24, 2.45) is 5.92 Å². The van der Waals surface area contributed by atoms with E-state index in [-0.39, 0.29) is 24.8 Å². The van der Waals surface area contributed by atoms with Gasteiger partial charge in [-0.2, -0.15) is 0 Å². The highest BCUT2D eigenvalue weighted by atomic mass is 16.5. The smallest absolute Gasteiger partial charge is 0.227 e. The number of rotatable bonds is 6. The van der Waals surface area contributed by atoms with E-state index in [1.165, 1.54) is 0 Å². The summed E-state index contributed by atoms with van der Waals surface area (Å²) in [5.74, 6) is 1.42. The molecule has 31 heavy (non-hydrogen) atoms. The number of nitrogens with zero attached hydrogens (tertiary/aromatic N) is 4. The highest BCUT2D eigenvalue weighted by Crippen LogP contribution is 2.28. The van der Waals surface area contributed by atoms with Crippen molar-refractivity contribution >= 4 is 23.3 Å². The number of ether oxygens (including phenoxy) is 2. The molecule has 164 valence electrons. The summed E-state index contributed by atoms with van der Waals surface area (Å²) in [4.78, 5) is 38.1. The molecule has 4 rings (SSSR count). The molecule has 2 aromatic rings. The highest BCUT2D eigenvalue weighted by molar-refractivity contribution is 6.00. The van der Waals surface area contributed by atoms with Crippen LogP contribution in [0.15, 0.2) is 30.3 Å². The molecule has 2 aliphatic heterocycles. The Bertz CT molecular complexity index is 961. The predicted molar refractivity (Wildman–Crippen MR) is 115 cm³/mol. The van der Waals surface area contributed by atoms with Crippen LogP contribution in [0.1, 0.15) is 17.9 Å². The molecule has 2 fully saturated rings. The molecule has 2 amide bonds. The minimum absolute atomic E-state index is 0.0742. The minimum atomic E-state index is -0.415. The Labute approximate surface area is 181 Å². The first-order valence-corrected chi connectivity index (χ1v) is 10.4. The third-order valence-corrected chi connectivity index (χ3v) is 5.50. The first-order chi connectivity index (χ1) is 15.0. The zero-order chi connectivity index (χ0) is 21.8. The normalized spacial score (nSPS) is 18.9. The van der Waals surface area contributed by atoms with E-state index in [0.29, 0.717) is 31.3 Å². The molecule has 0 spiro atoms. The van der Waals surface area contributed by atoms with E-state index in [9.17, 15) is 9.59 Å². The molecule has 1 N–H and O–H groups in total. The Morgan fingerprint density at radius 2 is 2.06 bits per heavy atom. The van der Waals surface area contributed by atoms with Gasteiger partial charge < -0.3 is 24.6 Å². The van der Waals surface area contributed by atoms with E-state index in [4.69, 9.17) is 9.47 Å². The van der Waals surface area contributed by atoms with Gasteiger partial charge in [-0.3, -0.25) is 9.59 Å². The van der Waals surface area contributed by atoms with Gasteiger partial charge in [0.05, 0.1) is 32.8 Å². The maximum absolute atomic E-state index is 12.7. The van der Waals surface area contributed by atoms with Gasteiger partial charge in [0, 0.05) is 49.6 Å². The molecule has 0 aliphatic carbocycles. The highest BCUT2D eigenvalue weighted by Gasteiger charge is 2.35. The third kappa shape index (κ3) is 4.93. The van der Waals surface area contributed by atoms with Crippen molar-refractivity contribution in [2.45, 2.75) is 19.9 Å². The number of hydrogen-bond donors (Lipinski definition) is 1. The molecule has 0 radical (unpaired) electrons. The Morgan fingerprint density at radius 3 is 2.84 bits per heavy atom. The fourth-order valence-corrected chi connectivity index (χ4v) is 3.87. The van der Waals surface area contributed by atoms with Gasteiger partial charge in [-0.05, 0) is 19.1 Å². The number of benzene rings is 1. The second kappa shape index (κ2) is 9.30. The van der Waals surface area contributed by atoms with Crippen LogP contribution in [-0.2, 0) is 20.9 Å². The predicted octanol–water partition coefficient (Wildman–Crippen LogP) is 1.30. The summed E-state index contributed by atoms with van der Waals surface area (Å²) in [7, 11) is 1.58. The summed E-state index contributed by atoms with van der Waals surface area (Å²) in [6.07, 6.45) is 0.177. The van der Waals surface area contributed by atoms with Crippen LogP contribution in [0.2, 0.25) is 0 Å². The summed E-state index contributed by atoms with van der Waals surface area (Å²) in [5.41, 5.74) is 1.58. The maximum atomic E-state index is 12.7. The molecule has 9 heteroatoms. The average molecular weight is 425 g/mol. The SMILES string of the molecule is COc1cccc(N2CC(C(=O)NCc3nc(C)cc(N4CCOCC4)n3)CC2=O)c1. The van der Waals surface area contributed by atoms with Crippen LogP contribution in [-0.4, -0.2) is 61.7 Å². The lowest BCUT2D eigenvalue weighted by Crippen LogP contribution is -2.37. The zero-order valence-electron chi connectivity index (χ0n) is 17.8. The van der Waals surface area contributed by atoms with Crippen LogP contribution >= 0.6 is 0 Å². The molecular formula is C22H27N5O4. The molecule has 2 aliphatic rings. The lowest BCUT2D eigenvalue weighted by molar-refractivity contribution is -0.126. The molecule has 1 unspecified atom stereocenters. The van der Waals surface area contributed by atoms with E-state index in [1.54, 1.807) is 18.1 Å². The van der Waals surface area contributed by atoms with Crippen LogP contribution in [0, 0.1) is 12.8 Å². The first-order valence-electron chi connectivity index (χ1n) is 10.4. The number of carbonyl (C=O) groups excluding carboxylic acids is 2. The zero-order valence-corrected chi connectivity index (χ0v) is 17.8. The Morgan fingerprint density at radius 1 is 1.26 bits per heavy atom. The summed E-state index contributed by atoms with van der Waals surface area (Å²) in [6, 6.07) is 9.23. The average Bonchev–Trinajstić information content (AvgIpc) is 3.19. The number of amides is 2. The molecule has 1 atom stereocenters. The second-order valence-electron chi connectivity index (χ2n) is 7.71. The largest absolute Gasteiger partial charge is 0.497 e. The van der Waals surface area contributed by atoms with Crippen LogP contribution < -0.4 is 19.9 Å². The van der Waals surface area contributed by atoms with Gasteiger partial charge >= 0.3 is 0 Å². The van der Waals surface area contributed by atoms with Gasteiger partial charge in [-0.15, -0.1) is 0 Å². The lowest BCUT2D eigenvalue weighted by Gasteiger charge is -2.28. The van der Waals surface area contributed by atoms with E-state index in [2.05, 4.69) is 20.2 Å². The van der Waals surface area contributed by atoms with Crippen molar-refractivity contribution in [1.29, 1.82) is 0 Å². The Hall–Kier alpha value is -3.20. The number of methoxy groups -OCH3 is 1.